The average molecular weight is 337 g/mol. The van der Waals surface area contributed by atoms with Crippen molar-refractivity contribution in [2.45, 2.75) is 52.0 Å². The highest BCUT2D eigenvalue weighted by Crippen LogP contribution is 2.20. The molecule has 0 aromatic carbocycles. The molecule has 2 rings (SSSR count). The highest BCUT2D eigenvalue weighted by atomic mass is 32.1. The summed E-state index contributed by atoms with van der Waals surface area (Å²) in [6.07, 6.45) is 7.58. The van der Waals surface area contributed by atoms with E-state index in [0.717, 1.165) is 26.2 Å². The van der Waals surface area contributed by atoms with Gasteiger partial charge < -0.3 is 11.1 Å². The van der Waals surface area contributed by atoms with Crippen molar-refractivity contribution in [1.29, 1.82) is 0 Å². The van der Waals surface area contributed by atoms with Gasteiger partial charge in [-0.1, -0.05) is 32.3 Å². The molecule has 0 aliphatic carbocycles. The number of guanidine groups is 1. The topological polar surface area (TPSA) is 53.6 Å². The van der Waals surface area contributed by atoms with Crippen LogP contribution in [-0.4, -0.2) is 37.0 Å². The summed E-state index contributed by atoms with van der Waals surface area (Å²) in [6, 6.07) is 4.37. The third kappa shape index (κ3) is 7.36. The number of thiophene rings is 1. The van der Waals surface area contributed by atoms with Crippen LogP contribution in [0.25, 0.3) is 0 Å². The maximum absolute atomic E-state index is 5.98. The second kappa shape index (κ2) is 10.7. The molecule has 0 bridgehead atoms. The van der Waals surface area contributed by atoms with Crippen molar-refractivity contribution < 1.29 is 0 Å². The monoisotopic (exact) mass is 336 g/mol. The lowest BCUT2D eigenvalue weighted by Gasteiger charge is -2.31. The first-order valence-corrected chi connectivity index (χ1v) is 9.94. The Hall–Kier alpha value is -1.07. The minimum atomic E-state index is 0.622. The fourth-order valence-corrected chi connectivity index (χ4v) is 3.86. The van der Waals surface area contributed by atoms with Crippen LogP contribution < -0.4 is 11.1 Å². The van der Waals surface area contributed by atoms with Gasteiger partial charge >= 0.3 is 0 Å². The van der Waals surface area contributed by atoms with Crippen molar-refractivity contribution in [1.82, 2.24) is 10.2 Å². The molecular weight excluding hydrogens is 304 g/mol. The Morgan fingerprint density at radius 1 is 1.43 bits per heavy atom. The van der Waals surface area contributed by atoms with E-state index in [4.69, 9.17) is 5.73 Å². The number of hydrogen-bond donors (Lipinski definition) is 2. The molecule has 1 fully saturated rings. The van der Waals surface area contributed by atoms with Crippen LogP contribution in [0.4, 0.5) is 0 Å². The van der Waals surface area contributed by atoms with Gasteiger partial charge in [-0.25, -0.2) is 0 Å². The SMILES string of the molecule is CCCCCCNC(N)=NCC1CCCN(Cc2cccs2)C1. The van der Waals surface area contributed by atoms with Crippen LogP contribution in [0.2, 0.25) is 0 Å². The summed E-state index contributed by atoms with van der Waals surface area (Å²) in [5.41, 5.74) is 5.98. The molecule has 130 valence electrons. The fourth-order valence-electron chi connectivity index (χ4n) is 3.12. The number of hydrogen-bond acceptors (Lipinski definition) is 3. The summed E-state index contributed by atoms with van der Waals surface area (Å²) < 4.78 is 0. The molecule has 4 nitrogen and oxygen atoms in total. The summed E-state index contributed by atoms with van der Waals surface area (Å²) in [5, 5.41) is 5.41. The molecule has 23 heavy (non-hydrogen) atoms. The summed E-state index contributed by atoms with van der Waals surface area (Å²) in [5.74, 6) is 1.26. The van der Waals surface area contributed by atoms with Crippen LogP contribution in [0.1, 0.15) is 50.3 Å². The lowest BCUT2D eigenvalue weighted by Crippen LogP contribution is -2.37. The van der Waals surface area contributed by atoms with Gasteiger partial charge in [0, 0.05) is 31.1 Å². The van der Waals surface area contributed by atoms with E-state index >= 15 is 0 Å². The Labute approximate surface area is 145 Å². The van der Waals surface area contributed by atoms with Gasteiger partial charge in [0.1, 0.15) is 0 Å². The smallest absolute Gasteiger partial charge is 0.188 e. The molecule has 5 heteroatoms. The van der Waals surface area contributed by atoms with E-state index in [1.165, 1.54) is 49.9 Å². The van der Waals surface area contributed by atoms with Gasteiger partial charge in [0.25, 0.3) is 0 Å². The average Bonchev–Trinajstić information content (AvgIpc) is 3.06. The van der Waals surface area contributed by atoms with E-state index in [1.54, 1.807) is 0 Å². The van der Waals surface area contributed by atoms with Crippen molar-refractivity contribution in [2.24, 2.45) is 16.6 Å². The number of aliphatic imine (C=N–C) groups is 1. The van der Waals surface area contributed by atoms with E-state index in [1.807, 2.05) is 11.3 Å². The quantitative estimate of drug-likeness (QED) is 0.412. The molecule has 1 aliphatic heterocycles. The molecule has 0 saturated carbocycles. The number of likely N-dealkylation sites (tertiary alicyclic amines) is 1. The largest absolute Gasteiger partial charge is 0.370 e. The summed E-state index contributed by atoms with van der Waals surface area (Å²) in [4.78, 5) is 8.58. The fraction of sp³-hybridized carbons (Fsp3) is 0.722. The standard InChI is InChI=1S/C18H32N4S/c1-2-3-4-5-10-20-18(19)21-13-16-8-6-11-22(14-16)15-17-9-7-12-23-17/h7,9,12,16H,2-6,8,10-11,13-15H2,1H3,(H3,19,20,21). The van der Waals surface area contributed by atoms with Crippen molar-refractivity contribution in [3.63, 3.8) is 0 Å². The van der Waals surface area contributed by atoms with Crippen LogP contribution in [0.5, 0.6) is 0 Å². The van der Waals surface area contributed by atoms with Gasteiger partial charge in [-0.15, -0.1) is 11.3 Å². The number of nitrogens with one attached hydrogen (secondary N) is 1. The highest BCUT2D eigenvalue weighted by Gasteiger charge is 2.19. The molecule has 1 atom stereocenters. The third-order valence-electron chi connectivity index (χ3n) is 4.42. The van der Waals surface area contributed by atoms with Crippen molar-refractivity contribution in [3.8, 4) is 0 Å². The predicted octanol–water partition coefficient (Wildman–Crippen LogP) is 3.44. The van der Waals surface area contributed by atoms with Gasteiger partial charge in [0.05, 0.1) is 0 Å². The maximum Gasteiger partial charge on any atom is 0.188 e. The molecule has 0 radical (unpaired) electrons. The number of unbranched alkanes of at least 4 members (excludes halogenated alkanes) is 3. The normalized spacial score (nSPS) is 19.9. The van der Waals surface area contributed by atoms with Crippen LogP contribution in [0.3, 0.4) is 0 Å². The molecule has 1 aromatic rings. The molecule has 2 heterocycles. The van der Waals surface area contributed by atoms with Crippen LogP contribution in [0.15, 0.2) is 22.5 Å². The van der Waals surface area contributed by atoms with E-state index in [-0.39, 0.29) is 0 Å². The first-order valence-electron chi connectivity index (χ1n) is 9.06. The molecule has 3 N–H and O–H groups in total. The number of piperidine rings is 1. The second-order valence-corrected chi connectivity index (χ2v) is 7.57. The predicted molar refractivity (Wildman–Crippen MR) is 101 cm³/mol. The van der Waals surface area contributed by atoms with Gasteiger partial charge in [-0.2, -0.15) is 0 Å². The van der Waals surface area contributed by atoms with E-state index in [2.05, 4.69) is 39.6 Å². The Kier molecular flexibility index (Phi) is 8.47. The first kappa shape index (κ1) is 18.3. The highest BCUT2D eigenvalue weighted by molar-refractivity contribution is 7.09. The Morgan fingerprint density at radius 2 is 2.35 bits per heavy atom. The Bertz CT molecular complexity index is 444. The van der Waals surface area contributed by atoms with Crippen LogP contribution in [0, 0.1) is 5.92 Å². The lowest BCUT2D eigenvalue weighted by atomic mass is 9.98. The zero-order valence-electron chi connectivity index (χ0n) is 14.5. The minimum absolute atomic E-state index is 0.622. The van der Waals surface area contributed by atoms with Crippen molar-refractivity contribution in [2.75, 3.05) is 26.2 Å². The molecule has 1 unspecified atom stereocenters. The maximum atomic E-state index is 5.98. The van der Waals surface area contributed by atoms with Crippen LogP contribution in [-0.2, 0) is 6.54 Å². The minimum Gasteiger partial charge on any atom is -0.370 e. The van der Waals surface area contributed by atoms with Crippen molar-refractivity contribution >= 4 is 17.3 Å². The van der Waals surface area contributed by atoms with Gasteiger partial charge in [0.2, 0.25) is 0 Å². The summed E-state index contributed by atoms with van der Waals surface area (Å²) in [7, 11) is 0. The number of nitrogens with zero attached hydrogens (tertiary/aromatic N) is 2. The first-order chi connectivity index (χ1) is 11.3. The summed E-state index contributed by atoms with van der Waals surface area (Å²) >= 11 is 1.85. The molecular formula is C18H32N4S. The van der Waals surface area contributed by atoms with Crippen molar-refractivity contribution in [3.05, 3.63) is 22.4 Å². The number of rotatable bonds is 9. The van der Waals surface area contributed by atoms with Gasteiger partial charge in [0.15, 0.2) is 5.96 Å². The summed E-state index contributed by atoms with van der Waals surface area (Å²) in [6.45, 7) is 7.48. The zero-order valence-corrected chi connectivity index (χ0v) is 15.3. The Morgan fingerprint density at radius 3 is 3.13 bits per heavy atom. The lowest BCUT2D eigenvalue weighted by molar-refractivity contribution is 0.172. The molecule has 0 spiro atoms. The third-order valence-corrected chi connectivity index (χ3v) is 5.28. The second-order valence-electron chi connectivity index (χ2n) is 6.54. The van der Waals surface area contributed by atoms with Gasteiger partial charge in [-0.3, -0.25) is 9.89 Å². The van der Waals surface area contributed by atoms with Crippen LogP contribution >= 0.6 is 11.3 Å². The van der Waals surface area contributed by atoms with E-state index < -0.39 is 0 Å². The zero-order chi connectivity index (χ0) is 16.3. The molecule has 1 aromatic heterocycles. The molecule has 1 saturated heterocycles. The number of nitrogens with two attached hydrogens (primary N) is 1. The van der Waals surface area contributed by atoms with Gasteiger partial charge in [-0.05, 0) is 43.2 Å². The molecule has 0 amide bonds. The molecule has 1 aliphatic rings. The Balaban J connectivity index is 1.64. The van der Waals surface area contributed by atoms with E-state index in [0.29, 0.717) is 11.9 Å². The van der Waals surface area contributed by atoms with E-state index in [9.17, 15) is 0 Å².